The molecule has 8 heteroatoms. The van der Waals surface area contributed by atoms with E-state index in [0.717, 1.165) is 16.7 Å². The van der Waals surface area contributed by atoms with Crippen LogP contribution in [0.3, 0.4) is 0 Å². The summed E-state index contributed by atoms with van der Waals surface area (Å²) in [6.45, 7) is 1.44. The van der Waals surface area contributed by atoms with E-state index in [9.17, 15) is 4.79 Å². The van der Waals surface area contributed by atoms with Crippen LogP contribution in [0.5, 0.6) is 0 Å². The Morgan fingerprint density at radius 1 is 0.800 bits per heavy atom. The summed E-state index contributed by atoms with van der Waals surface area (Å²) in [5.41, 5.74) is 4.02. The van der Waals surface area contributed by atoms with Gasteiger partial charge in [0.25, 0.3) is 0 Å². The van der Waals surface area contributed by atoms with Crippen LogP contribution in [-0.2, 0) is 50.6 Å². The van der Waals surface area contributed by atoms with Crippen molar-refractivity contribution in [3.8, 4) is 0 Å². The summed E-state index contributed by atoms with van der Waals surface area (Å²) in [6.07, 6.45) is -0.462. The van der Waals surface area contributed by atoms with Gasteiger partial charge in [0.1, 0.15) is 24.4 Å². The van der Waals surface area contributed by atoms with Crippen molar-refractivity contribution < 1.29 is 28.5 Å². The number of aryl methyl sites for hydroxylation is 1. The Bertz CT molecular complexity index is 1350. The van der Waals surface area contributed by atoms with E-state index in [0.29, 0.717) is 31.1 Å². The van der Waals surface area contributed by atoms with Crippen LogP contribution in [0.25, 0.3) is 0 Å². The van der Waals surface area contributed by atoms with Crippen molar-refractivity contribution in [1.82, 2.24) is 9.78 Å². The van der Waals surface area contributed by atoms with Crippen LogP contribution in [-0.4, -0.2) is 47.8 Å². The van der Waals surface area contributed by atoms with Crippen molar-refractivity contribution in [3.05, 3.63) is 125 Å². The van der Waals surface area contributed by atoms with Gasteiger partial charge in [-0.1, -0.05) is 91.0 Å². The fourth-order valence-corrected chi connectivity index (χ4v) is 4.91. The van der Waals surface area contributed by atoms with E-state index in [-0.39, 0.29) is 6.61 Å². The van der Waals surface area contributed by atoms with Gasteiger partial charge in [-0.25, -0.2) is 4.79 Å². The number of rotatable bonds is 12. The molecule has 0 saturated carbocycles. The molecule has 0 unspecified atom stereocenters. The molecular formula is C32H34N2O6. The summed E-state index contributed by atoms with van der Waals surface area (Å²) in [7, 11) is 3.05. The number of esters is 1. The molecule has 0 aliphatic carbocycles. The van der Waals surface area contributed by atoms with Gasteiger partial charge < -0.3 is 23.7 Å². The first-order valence-corrected chi connectivity index (χ1v) is 13.3. The zero-order chi connectivity index (χ0) is 27.7. The standard InChI is InChI=1S/C32H34N2O6/c1-34-28(32(35)36-2)26(18-33-34)29-31(39-21-25-16-10-5-11-17-25)30(38-20-24-14-8-4-9-15-24)27(40-29)22-37-19-23-12-6-3-7-13-23/h3-18,27,29-31H,19-22H2,1-2H3/t27-,29+,30-,31+/m1/s1. The van der Waals surface area contributed by atoms with Crippen molar-refractivity contribution in [3.63, 3.8) is 0 Å². The molecule has 1 fully saturated rings. The third-order valence-electron chi connectivity index (χ3n) is 6.93. The second-order valence-corrected chi connectivity index (χ2v) is 9.68. The number of aromatic nitrogens is 2. The van der Waals surface area contributed by atoms with Crippen molar-refractivity contribution >= 4 is 5.97 Å². The van der Waals surface area contributed by atoms with Gasteiger partial charge in [0.15, 0.2) is 5.69 Å². The van der Waals surface area contributed by atoms with Crippen LogP contribution < -0.4 is 0 Å². The Labute approximate surface area is 234 Å². The number of ether oxygens (including phenoxy) is 5. The number of carbonyl (C=O) groups is 1. The van der Waals surface area contributed by atoms with Gasteiger partial charge in [-0.3, -0.25) is 4.68 Å². The average molecular weight is 543 g/mol. The molecule has 0 N–H and O–H groups in total. The summed E-state index contributed by atoms with van der Waals surface area (Å²) in [6, 6.07) is 29.9. The molecule has 8 nitrogen and oxygen atoms in total. The highest BCUT2D eigenvalue weighted by atomic mass is 16.6. The molecule has 3 aromatic carbocycles. The molecule has 4 aromatic rings. The van der Waals surface area contributed by atoms with E-state index in [1.807, 2.05) is 91.0 Å². The van der Waals surface area contributed by atoms with Gasteiger partial charge in [-0.15, -0.1) is 0 Å². The summed E-state index contributed by atoms with van der Waals surface area (Å²) < 4.78 is 32.3. The van der Waals surface area contributed by atoms with E-state index in [1.165, 1.54) is 11.8 Å². The number of hydrogen-bond acceptors (Lipinski definition) is 7. The Balaban J connectivity index is 1.43. The highest BCUT2D eigenvalue weighted by molar-refractivity contribution is 5.89. The lowest BCUT2D eigenvalue weighted by molar-refractivity contribution is -0.0898. The predicted octanol–water partition coefficient (Wildman–Crippen LogP) is 5.03. The van der Waals surface area contributed by atoms with Gasteiger partial charge in [-0.05, 0) is 16.7 Å². The van der Waals surface area contributed by atoms with Gasteiger partial charge in [0.05, 0.1) is 39.7 Å². The van der Waals surface area contributed by atoms with E-state index >= 15 is 0 Å². The van der Waals surface area contributed by atoms with Crippen molar-refractivity contribution in [2.24, 2.45) is 7.05 Å². The first-order valence-electron chi connectivity index (χ1n) is 13.3. The zero-order valence-electron chi connectivity index (χ0n) is 22.7. The molecule has 0 radical (unpaired) electrons. The van der Waals surface area contributed by atoms with Gasteiger partial charge >= 0.3 is 5.97 Å². The van der Waals surface area contributed by atoms with Crippen LogP contribution >= 0.6 is 0 Å². The normalized spacial score (nSPS) is 20.4. The van der Waals surface area contributed by atoms with Gasteiger partial charge in [0.2, 0.25) is 0 Å². The molecule has 1 saturated heterocycles. The number of nitrogens with zero attached hydrogens (tertiary/aromatic N) is 2. The number of benzene rings is 3. The number of methoxy groups -OCH3 is 1. The highest BCUT2D eigenvalue weighted by Gasteiger charge is 2.49. The lowest BCUT2D eigenvalue weighted by Crippen LogP contribution is -2.38. The van der Waals surface area contributed by atoms with Gasteiger partial charge in [0, 0.05) is 12.6 Å². The third-order valence-corrected chi connectivity index (χ3v) is 6.93. The number of hydrogen-bond donors (Lipinski definition) is 0. The molecule has 0 amide bonds. The molecule has 208 valence electrons. The van der Waals surface area contributed by atoms with E-state index < -0.39 is 30.4 Å². The topological polar surface area (TPSA) is 81.0 Å². The predicted molar refractivity (Wildman–Crippen MR) is 148 cm³/mol. The van der Waals surface area contributed by atoms with E-state index in [4.69, 9.17) is 23.7 Å². The molecule has 1 aromatic heterocycles. The molecule has 1 aliphatic heterocycles. The molecule has 2 heterocycles. The molecule has 0 spiro atoms. The Morgan fingerprint density at radius 2 is 1.32 bits per heavy atom. The molecular weight excluding hydrogens is 508 g/mol. The Kier molecular flexibility index (Phi) is 9.36. The minimum absolute atomic E-state index is 0.282. The first-order chi connectivity index (χ1) is 19.6. The smallest absolute Gasteiger partial charge is 0.356 e. The maximum absolute atomic E-state index is 12.7. The summed E-state index contributed by atoms with van der Waals surface area (Å²) in [5.74, 6) is -0.494. The minimum atomic E-state index is -0.627. The maximum atomic E-state index is 12.7. The fraction of sp³-hybridized carbons (Fsp3) is 0.312. The second-order valence-electron chi connectivity index (χ2n) is 9.68. The molecule has 5 rings (SSSR count). The molecule has 1 aliphatic rings. The Hall–Kier alpha value is -3.82. The summed E-state index contributed by atoms with van der Waals surface area (Å²) in [4.78, 5) is 12.7. The maximum Gasteiger partial charge on any atom is 0.356 e. The molecule has 40 heavy (non-hydrogen) atoms. The van der Waals surface area contributed by atoms with Crippen molar-refractivity contribution in [1.29, 1.82) is 0 Å². The van der Waals surface area contributed by atoms with Crippen LogP contribution in [0, 0.1) is 0 Å². The quantitative estimate of drug-likeness (QED) is 0.232. The number of carbonyl (C=O) groups excluding carboxylic acids is 1. The van der Waals surface area contributed by atoms with Crippen LogP contribution in [0.15, 0.2) is 97.2 Å². The molecule has 4 atom stereocenters. The van der Waals surface area contributed by atoms with Crippen LogP contribution in [0.2, 0.25) is 0 Å². The highest BCUT2D eigenvalue weighted by Crippen LogP contribution is 2.40. The summed E-state index contributed by atoms with van der Waals surface area (Å²) >= 11 is 0. The third kappa shape index (κ3) is 6.66. The van der Waals surface area contributed by atoms with Crippen LogP contribution in [0.4, 0.5) is 0 Å². The lowest BCUT2D eigenvalue weighted by atomic mass is 10.0. The lowest BCUT2D eigenvalue weighted by Gasteiger charge is -2.25. The average Bonchev–Trinajstić information content (AvgIpc) is 3.55. The minimum Gasteiger partial charge on any atom is -0.464 e. The van der Waals surface area contributed by atoms with E-state index in [1.54, 1.807) is 13.2 Å². The molecule has 0 bridgehead atoms. The zero-order valence-corrected chi connectivity index (χ0v) is 22.7. The fourth-order valence-electron chi connectivity index (χ4n) is 4.91. The van der Waals surface area contributed by atoms with E-state index in [2.05, 4.69) is 5.10 Å². The largest absolute Gasteiger partial charge is 0.464 e. The van der Waals surface area contributed by atoms with Gasteiger partial charge in [-0.2, -0.15) is 5.10 Å². The first kappa shape index (κ1) is 27.7. The Morgan fingerprint density at radius 3 is 1.88 bits per heavy atom. The SMILES string of the molecule is COC(=O)c1c([C@@H]2O[C@H](COCc3ccccc3)[C@@H](OCc3ccccc3)[C@H]2OCc2ccccc2)cnn1C. The second kappa shape index (κ2) is 13.5. The van der Waals surface area contributed by atoms with Crippen molar-refractivity contribution in [2.75, 3.05) is 13.7 Å². The van der Waals surface area contributed by atoms with Crippen molar-refractivity contribution in [2.45, 2.75) is 44.2 Å². The summed E-state index contributed by atoms with van der Waals surface area (Å²) in [5, 5.41) is 4.34. The van der Waals surface area contributed by atoms with Crippen LogP contribution in [0.1, 0.15) is 38.8 Å². The monoisotopic (exact) mass is 542 g/mol.